The Morgan fingerprint density at radius 1 is 1.08 bits per heavy atom. The first kappa shape index (κ1) is 15.7. The molecule has 0 aliphatic heterocycles. The minimum absolute atomic E-state index is 0.506. The Hall–Kier alpha value is -2.79. The lowest BCUT2D eigenvalue weighted by atomic mass is 10.0. The first-order valence-corrected chi connectivity index (χ1v) is 8.54. The molecule has 1 atom stereocenters. The molecule has 0 bridgehead atoms. The third-order valence-corrected chi connectivity index (χ3v) is 4.60. The Morgan fingerprint density at radius 3 is 2.76 bits per heavy atom. The van der Waals surface area contributed by atoms with Crippen LogP contribution in [-0.2, 0) is 0 Å². The monoisotopic (exact) mass is 332 g/mol. The molecule has 4 rings (SSSR count). The first-order valence-electron chi connectivity index (χ1n) is 8.54. The average Bonchev–Trinajstić information content (AvgIpc) is 3.10. The van der Waals surface area contributed by atoms with Gasteiger partial charge in [0.15, 0.2) is 0 Å². The van der Waals surface area contributed by atoms with Crippen molar-refractivity contribution in [1.29, 1.82) is 0 Å². The van der Waals surface area contributed by atoms with Crippen LogP contribution in [0.3, 0.4) is 0 Å². The van der Waals surface area contributed by atoms with Crippen molar-refractivity contribution >= 4 is 21.8 Å². The van der Waals surface area contributed by atoms with Crippen LogP contribution in [0.2, 0.25) is 0 Å². The number of hydrogen-bond donors (Lipinski definition) is 2. The number of aliphatic hydroxyl groups excluding tert-OH is 1. The van der Waals surface area contributed by atoms with Crippen LogP contribution in [-0.4, -0.2) is 25.0 Å². The van der Waals surface area contributed by atoms with E-state index in [1.165, 1.54) is 0 Å². The summed E-state index contributed by atoms with van der Waals surface area (Å²) < 4.78 is 0. The van der Waals surface area contributed by atoms with Crippen LogP contribution < -0.4 is 0 Å². The van der Waals surface area contributed by atoms with Crippen molar-refractivity contribution < 1.29 is 5.11 Å². The summed E-state index contributed by atoms with van der Waals surface area (Å²) in [7, 11) is 0. The van der Waals surface area contributed by atoms with E-state index in [1.807, 2.05) is 43.7 Å². The molecule has 4 heterocycles. The second-order valence-electron chi connectivity index (χ2n) is 6.38. The van der Waals surface area contributed by atoms with Gasteiger partial charge in [0.25, 0.3) is 0 Å². The predicted molar refractivity (Wildman–Crippen MR) is 99.2 cm³/mol. The van der Waals surface area contributed by atoms with Crippen LogP contribution >= 0.6 is 0 Å². The summed E-state index contributed by atoms with van der Waals surface area (Å²) in [6.07, 6.45) is 8.59. The number of aryl methyl sites for hydroxylation is 1. The maximum Gasteiger partial charge on any atom is 0.137 e. The van der Waals surface area contributed by atoms with Gasteiger partial charge in [0, 0.05) is 46.5 Å². The smallest absolute Gasteiger partial charge is 0.137 e. The second kappa shape index (κ2) is 6.26. The van der Waals surface area contributed by atoms with Gasteiger partial charge in [-0.2, -0.15) is 0 Å². The molecule has 0 fully saturated rings. The molecule has 0 aliphatic rings. The first-order chi connectivity index (χ1) is 12.2. The minimum atomic E-state index is -0.506. The fraction of sp³-hybridized carbons (Fsp3) is 0.250. The summed E-state index contributed by atoms with van der Waals surface area (Å²) >= 11 is 0. The molecule has 5 heteroatoms. The number of hydrogen-bond acceptors (Lipinski definition) is 4. The fourth-order valence-corrected chi connectivity index (χ4v) is 3.22. The molecule has 126 valence electrons. The van der Waals surface area contributed by atoms with Gasteiger partial charge < -0.3 is 10.1 Å². The van der Waals surface area contributed by atoms with Crippen LogP contribution in [0.15, 0.2) is 43.0 Å². The van der Waals surface area contributed by atoms with Crippen molar-refractivity contribution in [3.05, 3.63) is 54.2 Å². The van der Waals surface area contributed by atoms with Crippen molar-refractivity contribution in [3.63, 3.8) is 0 Å². The quantitative estimate of drug-likeness (QED) is 0.584. The van der Waals surface area contributed by atoms with Gasteiger partial charge in [-0.1, -0.05) is 13.3 Å². The number of rotatable bonds is 4. The van der Waals surface area contributed by atoms with Gasteiger partial charge in [0.2, 0.25) is 0 Å². The van der Waals surface area contributed by atoms with Gasteiger partial charge in [-0.05, 0) is 37.1 Å². The molecular formula is C20H20N4O. The summed E-state index contributed by atoms with van der Waals surface area (Å²) in [5, 5.41) is 13.3. The van der Waals surface area contributed by atoms with E-state index in [1.54, 1.807) is 6.20 Å². The molecule has 0 spiro atoms. The molecule has 4 aromatic rings. The topological polar surface area (TPSA) is 74.7 Å². The predicted octanol–water partition coefficient (Wildman–Crippen LogP) is 4.32. The van der Waals surface area contributed by atoms with E-state index in [9.17, 15) is 5.11 Å². The van der Waals surface area contributed by atoms with Gasteiger partial charge in [-0.15, -0.1) is 0 Å². The van der Waals surface area contributed by atoms with Crippen molar-refractivity contribution in [1.82, 2.24) is 19.9 Å². The Balaban J connectivity index is 1.77. The summed E-state index contributed by atoms with van der Waals surface area (Å²) in [4.78, 5) is 16.7. The normalized spacial score (nSPS) is 12.8. The summed E-state index contributed by atoms with van der Waals surface area (Å²) in [5.41, 5.74) is 4.49. The average molecular weight is 332 g/mol. The van der Waals surface area contributed by atoms with Gasteiger partial charge in [0.05, 0.1) is 17.5 Å². The Bertz CT molecular complexity index is 1050. The van der Waals surface area contributed by atoms with Gasteiger partial charge in [-0.25, -0.2) is 4.98 Å². The number of fused-ring (bicyclic) bond motifs is 3. The maximum absolute atomic E-state index is 10.1. The van der Waals surface area contributed by atoms with Crippen molar-refractivity contribution in [3.8, 4) is 11.3 Å². The largest absolute Gasteiger partial charge is 0.387 e. The Kier molecular flexibility index (Phi) is 3.93. The molecule has 0 saturated heterocycles. The van der Waals surface area contributed by atoms with E-state index in [2.05, 4.69) is 26.9 Å². The zero-order valence-electron chi connectivity index (χ0n) is 14.3. The number of nitrogens with zero attached hydrogens (tertiary/aromatic N) is 3. The maximum atomic E-state index is 10.1. The lowest BCUT2D eigenvalue weighted by molar-refractivity contribution is 0.161. The number of pyridine rings is 3. The summed E-state index contributed by atoms with van der Waals surface area (Å²) in [6.45, 7) is 4.08. The van der Waals surface area contributed by atoms with E-state index >= 15 is 0 Å². The number of nitrogens with one attached hydrogen (secondary N) is 1. The highest BCUT2D eigenvalue weighted by Gasteiger charge is 2.12. The Labute approximate surface area is 145 Å². The highest BCUT2D eigenvalue weighted by atomic mass is 16.3. The van der Waals surface area contributed by atoms with Crippen LogP contribution in [0.25, 0.3) is 33.1 Å². The van der Waals surface area contributed by atoms with E-state index in [0.29, 0.717) is 0 Å². The van der Waals surface area contributed by atoms with E-state index in [4.69, 9.17) is 0 Å². The standard InChI is InChI=1S/C20H20N4O/c1-3-4-19(25)18-7-12(2)15(10-23-18)17-8-13-9-24-20-14(5-6-21-20)16(13)11-22-17/h5-11,19,25H,3-4H2,1-2H3,(H,21,24)/t19-/m1/s1. The molecule has 25 heavy (non-hydrogen) atoms. The summed E-state index contributed by atoms with van der Waals surface area (Å²) in [5.74, 6) is 0. The molecule has 4 aromatic heterocycles. The number of aromatic nitrogens is 4. The molecule has 0 amide bonds. The summed E-state index contributed by atoms with van der Waals surface area (Å²) in [6, 6.07) is 6.01. The van der Waals surface area contributed by atoms with Crippen LogP contribution in [0, 0.1) is 6.92 Å². The van der Waals surface area contributed by atoms with Crippen molar-refractivity contribution in [2.24, 2.45) is 0 Å². The molecule has 0 saturated carbocycles. The van der Waals surface area contributed by atoms with Crippen molar-refractivity contribution in [2.45, 2.75) is 32.8 Å². The fourth-order valence-electron chi connectivity index (χ4n) is 3.22. The minimum Gasteiger partial charge on any atom is -0.387 e. The lowest BCUT2D eigenvalue weighted by Crippen LogP contribution is -2.01. The molecule has 0 unspecified atom stereocenters. The van der Waals surface area contributed by atoms with Crippen LogP contribution in [0.5, 0.6) is 0 Å². The van der Waals surface area contributed by atoms with Gasteiger partial charge in [-0.3, -0.25) is 9.97 Å². The highest BCUT2D eigenvalue weighted by molar-refractivity contribution is 6.04. The van der Waals surface area contributed by atoms with Crippen LogP contribution in [0.1, 0.15) is 37.1 Å². The second-order valence-corrected chi connectivity index (χ2v) is 6.38. The third-order valence-electron chi connectivity index (χ3n) is 4.60. The number of aliphatic hydroxyl groups is 1. The van der Waals surface area contributed by atoms with E-state index in [-0.39, 0.29) is 0 Å². The van der Waals surface area contributed by atoms with Gasteiger partial charge >= 0.3 is 0 Å². The van der Waals surface area contributed by atoms with Crippen molar-refractivity contribution in [2.75, 3.05) is 0 Å². The third kappa shape index (κ3) is 2.76. The van der Waals surface area contributed by atoms with E-state index < -0.39 is 6.10 Å². The zero-order chi connectivity index (χ0) is 17.4. The zero-order valence-corrected chi connectivity index (χ0v) is 14.3. The van der Waals surface area contributed by atoms with Gasteiger partial charge in [0.1, 0.15) is 5.65 Å². The number of aromatic amines is 1. The molecule has 2 N–H and O–H groups in total. The molecule has 5 nitrogen and oxygen atoms in total. The highest BCUT2D eigenvalue weighted by Crippen LogP contribution is 2.28. The molecule has 0 radical (unpaired) electrons. The number of H-pyrrole nitrogens is 1. The molecular weight excluding hydrogens is 312 g/mol. The lowest BCUT2D eigenvalue weighted by Gasteiger charge is -2.12. The molecule has 0 aliphatic carbocycles. The van der Waals surface area contributed by atoms with Crippen LogP contribution in [0.4, 0.5) is 0 Å². The Morgan fingerprint density at radius 2 is 1.96 bits per heavy atom. The van der Waals surface area contributed by atoms with E-state index in [0.717, 1.165) is 57.2 Å². The SMILES string of the molecule is CCC[C@@H](O)c1cc(C)c(-c2cc3cnc4[nH]ccc4c3cn2)cn1. The molecule has 0 aromatic carbocycles.